The molecule has 4 rings (SSSR count). The molecule has 1 aromatic heterocycles. The van der Waals surface area contributed by atoms with Gasteiger partial charge in [0.25, 0.3) is 0 Å². The average Bonchev–Trinajstić information content (AvgIpc) is 3.35. The first kappa shape index (κ1) is 22.1. The topological polar surface area (TPSA) is 58.2 Å². The molecule has 7 heteroatoms. The van der Waals surface area contributed by atoms with Gasteiger partial charge in [-0.1, -0.05) is 59.3 Å². The van der Waals surface area contributed by atoms with Crippen molar-refractivity contribution < 1.29 is 9.21 Å². The van der Waals surface area contributed by atoms with Crippen molar-refractivity contribution in [2.45, 2.75) is 18.6 Å². The fourth-order valence-corrected chi connectivity index (χ4v) is 4.66. The van der Waals surface area contributed by atoms with Crippen LogP contribution in [0.15, 0.2) is 87.9 Å². The predicted octanol–water partition coefficient (Wildman–Crippen LogP) is 5.97. The number of carbonyl (C=O) groups is 1. The van der Waals surface area contributed by atoms with E-state index in [1.54, 1.807) is 11.0 Å². The first-order valence-electron chi connectivity index (χ1n) is 10.1. The molecule has 1 saturated heterocycles. The second-order valence-corrected chi connectivity index (χ2v) is 8.98. The van der Waals surface area contributed by atoms with Crippen molar-refractivity contribution in [2.24, 2.45) is 10.2 Å². The van der Waals surface area contributed by atoms with Crippen LogP contribution in [0.25, 0.3) is 11.3 Å². The Morgan fingerprint density at radius 2 is 2.00 bits per heavy atom. The van der Waals surface area contributed by atoms with Crippen LogP contribution < -0.4 is 0 Å². The number of amides is 1. The summed E-state index contributed by atoms with van der Waals surface area (Å²) < 4.78 is 5.82. The molecule has 0 N–H and O–H groups in total. The monoisotopic (exact) mass is 463 g/mol. The number of halogens is 1. The van der Waals surface area contributed by atoms with Gasteiger partial charge in [-0.15, -0.1) is 11.7 Å². The van der Waals surface area contributed by atoms with E-state index in [1.165, 1.54) is 23.5 Å². The summed E-state index contributed by atoms with van der Waals surface area (Å²) in [6.45, 7) is 6.20. The van der Waals surface area contributed by atoms with Gasteiger partial charge < -0.3 is 4.42 Å². The van der Waals surface area contributed by atoms with E-state index in [-0.39, 0.29) is 11.2 Å². The fraction of sp³-hybridized carbons (Fsp3) is 0.160. The predicted molar refractivity (Wildman–Crippen MR) is 132 cm³/mol. The van der Waals surface area contributed by atoms with Crippen molar-refractivity contribution in [1.82, 2.24) is 4.90 Å². The van der Waals surface area contributed by atoms with Gasteiger partial charge in [-0.25, -0.2) is 0 Å². The zero-order valence-corrected chi connectivity index (χ0v) is 19.1. The highest BCUT2D eigenvalue weighted by atomic mass is 35.5. The molecule has 1 fully saturated rings. The van der Waals surface area contributed by atoms with Crippen LogP contribution in [0, 0.1) is 6.92 Å². The first-order valence-corrected chi connectivity index (χ1v) is 11.4. The molecule has 1 aliphatic rings. The minimum Gasteiger partial charge on any atom is -0.455 e. The van der Waals surface area contributed by atoms with Crippen LogP contribution in [0.2, 0.25) is 5.02 Å². The lowest BCUT2D eigenvalue weighted by atomic mass is 10.1. The molecule has 0 saturated carbocycles. The molecule has 1 amide bonds. The number of benzene rings is 2. The molecule has 2 heterocycles. The second kappa shape index (κ2) is 10.0. The van der Waals surface area contributed by atoms with E-state index in [4.69, 9.17) is 16.0 Å². The third kappa shape index (κ3) is 5.21. The van der Waals surface area contributed by atoms with Crippen LogP contribution in [0.5, 0.6) is 0 Å². The number of hydrogen-bond acceptors (Lipinski definition) is 5. The Morgan fingerprint density at radius 1 is 1.19 bits per heavy atom. The minimum absolute atomic E-state index is 0.0216. The Kier molecular flexibility index (Phi) is 6.93. The summed E-state index contributed by atoms with van der Waals surface area (Å²) >= 11 is 7.37. The average molecular weight is 464 g/mol. The Labute approximate surface area is 196 Å². The number of thioether (sulfide) groups is 1. The van der Waals surface area contributed by atoms with Crippen LogP contribution >= 0.6 is 23.4 Å². The van der Waals surface area contributed by atoms with Gasteiger partial charge in [-0.05, 0) is 55.3 Å². The summed E-state index contributed by atoms with van der Waals surface area (Å²) in [5.74, 6) is 1.31. The smallest absolute Gasteiger partial charge is 0.242 e. The molecule has 0 radical (unpaired) electrons. The summed E-state index contributed by atoms with van der Waals surface area (Å²) in [7, 11) is 0. The molecule has 5 nitrogen and oxygen atoms in total. The molecule has 1 aliphatic heterocycles. The summed E-state index contributed by atoms with van der Waals surface area (Å²) in [6.07, 6.45) is 3.87. The Hall–Kier alpha value is -3.09. The molecular weight excluding hydrogens is 442 g/mol. The standard InChI is InChI=1S/C25H22ClN3O2S/c1-3-13-29-24(30)23(15-18-6-4-5-17(2)14-18)32-25(29)28-27-16-21-11-12-22(31-21)19-7-9-20(26)10-8-19/h3-12,14,16,23H,1,13,15H2,2H3/b27-16-,28-25-/t23-/m1/s1. The zero-order chi connectivity index (χ0) is 22.5. The number of rotatable bonds is 7. The summed E-state index contributed by atoms with van der Waals surface area (Å²) in [6, 6.07) is 19.3. The minimum atomic E-state index is -0.231. The molecule has 3 aromatic rings. The third-order valence-corrected chi connectivity index (χ3v) is 6.34. The van der Waals surface area contributed by atoms with Crippen molar-refractivity contribution in [3.05, 3.63) is 95.2 Å². The van der Waals surface area contributed by atoms with E-state index in [0.717, 1.165) is 11.1 Å². The number of carbonyl (C=O) groups excluding carboxylic acids is 1. The van der Waals surface area contributed by atoms with Gasteiger partial charge in [0.15, 0.2) is 5.17 Å². The quantitative estimate of drug-likeness (QED) is 0.246. The maximum absolute atomic E-state index is 12.9. The van der Waals surface area contributed by atoms with Crippen molar-refractivity contribution >= 4 is 40.7 Å². The molecule has 1 atom stereocenters. The number of amidine groups is 1. The molecule has 0 aliphatic carbocycles. The van der Waals surface area contributed by atoms with Gasteiger partial charge in [0, 0.05) is 17.1 Å². The lowest BCUT2D eigenvalue weighted by molar-refractivity contribution is -0.125. The number of hydrogen-bond donors (Lipinski definition) is 0. The summed E-state index contributed by atoms with van der Waals surface area (Å²) in [5, 5.41) is 9.47. The largest absolute Gasteiger partial charge is 0.455 e. The van der Waals surface area contributed by atoms with Crippen LogP contribution in [-0.4, -0.2) is 34.0 Å². The van der Waals surface area contributed by atoms with E-state index in [2.05, 4.69) is 22.8 Å². The molecule has 162 valence electrons. The first-order chi connectivity index (χ1) is 15.5. The van der Waals surface area contributed by atoms with Crippen molar-refractivity contribution in [2.75, 3.05) is 6.54 Å². The van der Waals surface area contributed by atoms with Gasteiger partial charge >= 0.3 is 0 Å². The van der Waals surface area contributed by atoms with Gasteiger partial charge in [0.05, 0.1) is 11.5 Å². The highest BCUT2D eigenvalue weighted by Crippen LogP contribution is 2.30. The number of aryl methyl sites for hydroxylation is 1. The molecule has 0 spiro atoms. The van der Waals surface area contributed by atoms with Crippen LogP contribution in [0.3, 0.4) is 0 Å². The SMILES string of the molecule is C=CCN1C(=O)[C@@H](Cc2cccc(C)c2)S/C1=N\N=C/c1ccc(-c2ccc(Cl)cc2)o1. The van der Waals surface area contributed by atoms with Crippen molar-refractivity contribution in [3.8, 4) is 11.3 Å². The van der Waals surface area contributed by atoms with Crippen LogP contribution in [0.1, 0.15) is 16.9 Å². The van der Waals surface area contributed by atoms with E-state index >= 15 is 0 Å². The van der Waals surface area contributed by atoms with Gasteiger partial charge in [0.2, 0.25) is 5.91 Å². The van der Waals surface area contributed by atoms with Crippen molar-refractivity contribution in [1.29, 1.82) is 0 Å². The van der Waals surface area contributed by atoms with E-state index in [0.29, 0.717) is 34.7 Å². The van der Waals surface area contributed by atoms with Gasteiger partial charge in [-0.2, -0.15) is 5.10 Å². The molecule has 2 aromatic carbocycles. The highest BCUT2D eigenvalue weighted by molar-refractivity contribution is 8.15. The van der Waals surface area contributed by atoms with E-state index < -0.39 is 0 Å². The van der Waals surface area contributed by atoms with Crippen LogP contribution in [0.4, 0.5) is 0 Å². The van der Waals surface area contributed by atoms with Crippen LogP contribution in [-0.2, 0) is 11.2 Å². The molecule has 0 unspecified atom stereocenters. The normalized spacial score (nSPS) is 17.6. The Bertz CT molecular complexity index is 1180. The molecule has 32 heavy (non-hydrogen) atoms. The highest BCUT2D eigenvalue weighted by Gasteiger charge is 2.37. The Morgan fingerprint density at radius 3 is 2.75 bits per heavy atom. The molecular formula is C25H22ClN3O2S. The Balaban J connectivity index is 1.48. The maximum Gasteiger partial charge on any atom is 0.242 e. The lowest BCUT2D eigenvalue weighted by Gasteiger charge is -2.12. The summed E-state index contributed by atoms with van der Waals surface area (Å²) in [4.78, 5) is 14.5. The zero-order valence-electron chi connectivity index (χ0n) is 17.6. The van der Waals surface area contributed by atoms with Gasteiger partial charge in [0.1, 0.15) is 11.5 Å². The number of furan rings is 1. The fourth-order valence-electron chi connectivity index (χ4n) is 3.39. The lowest BCUT2D eigenvalue weighted by Crippen LogP contribution is -2.32. The maximum atomic E-state index is 12.9. The van der Waals surface area contributed by atoms with Crippen molar-refractivity contribution in [3.63, 3.8) is 0 Å². The summed E-state index contributed by atoms with van der Waals surface area (Å²) in [5.41, 5.74) is 3.23. The van der Waals surface area contributed by atoms with Gasteiger partial charge in [-0.3, -0.25) is 9.69 Å². The molecule has 0 bridgehead atoms. The number of nitrogens with zero attached hydrogens (tertiary/aromatic N) is 3. The van der Waals surface area contributed by atoms with E-state index in [1.807, 2.05) is 61.5 Å². The second-order valence-electron chi connectivity index (χ2n) is 7.37. The third-order valence-electron chi connectivity index (χ3n) is 4.92. The van der Waals surface area contributed by atoms with E-state index in [9.17, 15) is 4.79 Å².